The summed E-state index contributed by atoms with van der Waals surface area (Å²) in [6.45, 7) is 3.20. The molecule has 138 valence electrons. The molecule has 1 fully saturated rings. The summed E-state index contributed by atoms with van der Waals surface area (Å²) in [6, 6.07) is 20.5. The second-order valence-corrected chi connectivity index (χ2v) is 8.03. The number of rotatable bonds is 4. The van der Waals surface area contributed by atoms with E-state index >= 15 is 0 Å². The number of halogens is 2. The molecule has 0 spiro atoms. The maximum Gasteiger partial charge on any atom is 0.0705 e. The van der Waals surface area contributed by atoms with Gasteiger partial charge >= 0.3 is 0 Å². The fourth-order valence-electron chi connectivity index (χ4n) is 3.77. The van der Waals surface area contributed by atoms with Gasteiger partial charge in [0.25, 0.3) is 0 Å². The molecule has 0 aliphatic carbocycles. The molecule has 0 amide bonds. The molecule has 0 N–H and O–H groups in total. The Bertz CT molecular complexity index is 883. The average Bonchev–Trinajstić information content (AvgIpc) is 2.70. The molecular weight excluding hydrogens is 375 g/mol. The summed E-state index contributed by atoms with van der Waals surface area (Å²) in [5.74, 6) is 0.639. The number of nitrogens with zero attached hydrogens (tertiary/aromatic N) is 2. The van der Waals surface area contributed by atoms with Crippen molar-refractivity contribution in [2.45, 2.75) is 25.3 Å². The molecule has 4 rings (SSSR count). The topological polar surface area (TPSA) is 16.1 Å². The third kappa shape index (κ3) is 4.70. The zero-order valence-corrected chi connectivity index (χ0v) is 16.6. The highest BCUT2D eigenvalue weighted by Gasteiger charge is 2.20. The second kappa shape index (κ2) is 8.43. The highest BCUT2D eigenvalue weighted by atomic mass is 35.5. The summed E-state index contributed by atoms with van der Waals surface area (Å²) in [4.78, 5) is 7.05. The van der Waals surface area contributed by atoms with E-state index in [-0.39, 0.29) is 0 Å². The number of aromatic nitrogens is 1. The quantitative estimate of drug-likeness (QED) is 0.504. The Morgan fingerprint density at radius 1 is 0.852 bits per heavy atom. The van der Waals surface area contributed by atoms with Gasteiger partial charge in [0.05, 0.1) is 5.69 Å². The van der Waals surface area contributed by atoms with E-state index < -0.39 is 0 Å². The van der Waals surface area contributed by atoms with Gasteiger partial charge in [0.1, 0.15) is 0 Å². The molecular formula is C23H22Cl2N2. The van der Waals surface area contributed by atoms with Gasteiger partial charge in [-0.1, -0.05) is 47.5 Å². The minimum Gasteiger partial charge on any atom is -0.299 e. The van der Waals surface area contributed by atoms with Gasteiger partial charge in [-0.2, -0.15) is 0 Å². The monoisotopic (exact) mass is 396 g/mol. The van der Waals surface area contributed by atoms with E-state index in [9.17, 15) is 0 Å². The van der Waals surface area contributed by atoms with Crippen LogP contribution in [0.1, 0.15) is 29.9 Å². The van der Waals surface area contributed by atoms with Crippen LogP contribution in [0.4, 0.5) is 0 Å². The van der Waals surface area contributed by atoms with Gasteiger partial charge in [0.2, 0.25) is 0 Å². The Balaban J connectivity index is 1.38. The van der Waals surface area contributed by atoms with Crippen LogP contribution >= 0.6 is 23.2 Å². The molecule has 1 aliphatic rings. The molecule has 0 atom stereocenters. The van der Waals surface area contributed by atoms with Gasteiger partial charge in [0, 0.05) is 28.4 Å². The van der Waals surface area contributed by atoms with Gasteiger partial charge in [-0.3, -0.25) is 9.88 Å². The normalized spacial score (nSPS) is 15.8. The van der Waals surface area contributed by atoms with E-state index in [1.54, 1.807) is 0 Å². The van der Waals surface area contributed by atoms with E-state index in [4.69, 9.17) is 23.2 Å². The molecule has 0 unspecified atom stereocenters. The van der Waals surface area contributed by atoms with E-state index in [0.717, 1.165) is 40.9 Å². The van der Waals surface area contributed by atoms with Crippen LogP contribution in [0, 0.1) is 0 Å². The fourth-order valence-corrected chi connectivity index (χ4v) is 4.02. The summed E-state index contributed by atoms with van der Waals surface area (Å²) in [6.07, 6.45) is 4.28. The Kier molecular flexibility index (Phi) is 5.77. The van der Waals surface area contributed by atoms with Crippen LogP contribution in [0.2, 0.25) is 10.0 Å². The lowest BCUT2D eigenvalue weighted by Crippen LogP contribution is -2.32. The Hall–Kier alpha value is -1.87. The van der Waals surface area contributed by atoms with Gasteiger partial charge in [-0.25, -0.2) is 0 Å². The molecule has 1 saturated heterocycles. The first-order chi connectivity index (χ1) is 13.2. The van der Waals surface area contributed by atoms with Crippen molar-refractivity contribution in [3.63, 3.8) is 0 Å². The van der Waals surface area contributed by atoms with E-state index in [2.05, 4.69) is 34.1 Å². The third-order valence-corrected chi connectivity index (χ3v) is 5.80. The molecule has 1 aliphatic heterocycles. The van der Waals surface area contributed by atoms with Crippen molar-refractivity contribution >= 4 is 23.2 Å². The van der Waals surface area contributed by atoms with Crippen LogP contribution in [-0.4, -0.2) is 23.0 Å². The van der Waals surface area contributed by atoms with Gasteiger partial charge < -0.3 is 0 Å². The van der Waals surface area contributed by atoms with E-state index in [1.165, 1.54) is 24.0 Å². The summed E-state index contributed by atoms with van der Waals surface area (Å²) < 4.78 is 0. The van der Waals surface area contributed by atoms with Crippen molar-refractivity contribution in [3.8, 4) is 11.3 Å². The molecule has 0 saturated carbocycles. The number of hydrogen-bond donors (Lipinski definition) is 0. The Labute approximate surface area is 170 Å². The van der Waals surface area contributed by atoms with Crippen molar-refractivity contribution in [3.05, 3.63) is 88.0 Å². The van der Waals surface area contributed by atoms with Crippen LogP contribution in [0.25, 0.3) is 11.3 Å². The van der Waals surface area contributed by atoms with E-state index in [0.29, 0.717) is 5.92 Å². The lowest BCUT2D eigenvalue weighted by molar-refractivity contribution is 0.204. The van der Waals surface area contributed by atoms with Crippen molar-refractivity contribution in [2.75, 3.05) is 13.1 Å². The molecule has 2 heterocycles. The van der Waals surface area contributed by atoms with Crippen LogP contribution in [0.15, 0.2) is 66.9 Å². The summed E-state index contributed by atoms with van der Waals surface area (Å²) in [5, 5.41) is 1.56. The smallest absolute Gasteiger partial charge is 0.0705 e. The largest absolute Gasteiger partial charge is 0.299 e. The zero-order valence-electron chi connectivity index (χ0n) is 15.1. The molecule has 4 heteroatoms. The zero-order chi connectivity index (χ0) is 18.6. The van der Waals surface area contributed by atoms with Crippen molar-refractivity contribution < 1.29 is 0 Å². The molecule has 0 radical (unpaired) electrons. The lowest BCUT2D eigenvalue weighted by atomic mass is 9.89. The van der Waals surface area contributed by atoms with Gasteiger partial charge in [-0.15, -0.1) is 0 Å². The number of pyridine rings is 1. The maximum absolute atomic E-state index is 6.01. The lowest BCUT2D eigenvalue weighted by Gasteiger charge is -2.32. The van der Waals surface area contributed by atoms with Crippen molar-refractivity contribution in [1.29, 1.82) is 0 Å². The van der Waals surface area contributed by atoms with Crippen molar-refractivity contribution in [2.24, 2.45) is 0 Å². The molecule has 2 nitrogen and oxygen atoms in total. The van der Waals surface area contributed by atoms with Gasteiger partial charge in [-0.05, 0) is 79.4 Å². The third-order valence-electron chi connectivity index (χ3n) is 5.30. The SMILES string of the molecule is Clc1ccc(-c2cc(CN3CCC(c4ccc(Cl)cc4)CC3)ccn2)cc1. The maximum atomic E-state index is 6.01. The second-order valence-electron chi connectivity index (χ2n) is 7.16. The standard InChI is InChI=1S/C23H22Cl2N2/c24-21-5-1-18(2-6-21)19-10-13-27(14-11-19)16-17-9-12-26-23(15-17)20-3-7-22(25)8-4-20/h1-9,12,15,19H,10-11,13-14,16H2. The van der Waals surface area contributed by atoms with Crippen molar-refractivity contribution in [1.82, 2.24) is 9.88 Å². The van der Waals surface area contributed by atoms with E-state index in [1.807, 2.05) is 42.6 Å². The minimum absolute atomic E-state index is 0.639. The average molecular weight is 397 g/mol. The molecule has 1 aromatic heterocycles. The van der Waals surface area contributed by atoms with Crippen LogP contribution in [0.3, 0.4) is 0 Å². The number of piperidine rings is 1. The molecule has 0 bridgehead atoms. The highest BCUT2D eigenvalue weighted by molar-refractivity contribution is 6.30. The fraction of sp³-hybridized carbons (Fsp3) is 0.261. The van der Waals surface area contributed by atoms with Crippen LogP contribution < -0.4 is 0 Å². The Morgan fingerprint density at radius 3 is 2.15 bits per heavy atom. The minimum atomic E-state index is 0.639. The molecule has 3 aromatic rings. The summed E-state index contributed by atoms with van der Waals surface area (Å²) in [7, 11) is 0. The molecule has 2 aromatic carbocycles. The number of likely N-dealkylation sites (tertiary alicyclic amines) is 1. The van der Waals surface area contributed by atoms with Crippen LogP contribution in [0.5, 0.6) is 0 Å². The predicted octanol–water partition coefficient (Wildman–Crippen LogP) is 6.44. The highest BCUT2D eigenvalue weighted by Crippen LogP contribution is 2.29. The van der Waals surface area contributed by atoms with Crippen LogP contribution in [-0.2, 0) is 6.54 Å². The first-order valence-corrected chi connectivity index (χ1v) is 10.1. The first-order valence-electron chi connectivity index (χ1n) is 9.36. The predicted molar refractivity (Wildman–Crippen MR) is 113 cm³/mol. The number of hydrogen-bond acceptors (Lipinski definition) is 2. The summed E-state index contributed by atoms with van der Waals surface area (Å²) >= 11 is 12.0. The first kappa shape index (κ1) is 18.5. The Morgan fingerprint density at radius 2 is 1.48 bits per heavy atom. The molecule has 27 heavy (non-hydrogen) atoms. The van der Waals surface area contributed by atoms with Gasteiger partial charge in [0.15, 0.2) is 0 Å². The summed E-state index contributed by atoms with van der Waals surface area (Å²) in [5.41, 5.74) is 4.82. The number of benzene rings is 2.